The van der Waals surface area contributed by atoms with Gasteiger partial charge in [0.1, 0.15) is 10.7 Å². The summed E-state index contributed by atoms with van der Waals surface area (Å²) < 4.78 is 0. The zero-order valence-electron chi connectivity index (χ0n) is 11.5. The Morgan fingerprint density at radius 3 is 2.90 bits per heavy atom. The third-order valence-corrected chi connectivity index (χ3v) is 7.56. The molecule has 0 amide bonds. The number of thioether (sulfide) groups is 2. The van der Waals surface area contributed by atoms with Crippen LogP contribution >= 0.6 is 34.9 Å². The number of thiophene rings is 1. The van der Waals surface area contributed by atoms with Crippen LogP contribution in [0, 0.1) is 6.92 Å². The van der Waals surface area contributed by atoms with Crippen LogP contribution in [0.5, 0.6) is 0 Å². The number of hydrogen-bond donors (Lipinski definition) is 2. The van der Waals surface area contributed by atoms with Gasteiger partial charge in [-0.15, -0.1) is 23.1 Å². The Morgan fingerprint density at radius 1 is 1.35 bits per heavy atom. The summed E-state index contributed by atoms with van der Waals surface area (Å²) in [6.07, 6.45) is 1.15. The average Bonchev–Trinajstić information content (AvgIpc) is 2.86. The molecule has 2 aromatic heterocycles. The topological polar surface area (TPSA) is 63.8 Å². The molecular formula is C13H18N4S3. The molecule has 108 valence electrons. The summed E-state index contributed by atoms with van der Waals surface area (Å²) in [5.74, 6) is 9.71. The van der Waals surface area contributed by atoms with Crippen LogP contribution in [0.3, 0.4) is 0 Å². The van der Waals surface area contributed by atoms with Crippen molar-refractivity contribution < 1.29 is 0 Å². The quantitative estimate of drug-likeness (QED) is 0.664. The van der Waals surface area contributed by atoms with Gasteiger partial charge in [-0.25, -0.2) is 15.8 Å². The lowest BCUT2D eigenvalue weighted by Gasteiger charge is -2.28. The first-order chi connectivity index (χ1) is 9.72. The number of aromatic nitrogens is 2. The summed E-state index contributed by atoms with van der Waals surface area (Å²) in [6.45, 7) is 4.33. The van der Waals surface area contributed by atoms with E-state index in [1.165, 1.54) is 16.4 Å². The van der Waals surface area contributed by atoms with E-state index in [4.69, 9.17) is 10.8 Å². The molecule has 2 aromatic rings. The van der Waals surface area contributed by atoms with E-state index >= 15 is 0 Å². The highest BCUT2D eigenvalue weighted by Gasteiger charge is 2.29. The fourth-order valence-electron chi connectivity index (χ4n) is 2.44. The van der Waals surface area contributed by atoms with Crippen molar-refractivity contribution >= 4 is 50.9 Å². The van der Waals surface area contributed by atoms with Crippen molar-refractivity contribution in [3.63, 3.8) is 0 Å². The van der Waals surface area contributed by atoms with Crippen LogP contribution in [0.4, 0.5) is 5.82 Å². The van der Waals surface area contributed by atoms with E-state index in [0.717, 1.165) is 28.3 Å². The zero-order chi connectivity index (χ0) is 14.1. The minimum atomic E-state index is 0.373. The first kappa shape index (κ1) is 14.4. The van der Waals surface area contributed by atoms with E-state index in [0.29, 0.717) is 10.5 Å². The molecule has 2 unspecified atom stereocenters. The van der Waals surface area contributed by atoms with E-state index in [-0.39, 0.29) is 0 Å². The van der Waals surface area contributed by atoms with Crippen molar-refractivity contribution in [3.05, 3.63) is 16.8 Å². The molecular weight excluding hydrogens is 308 g/mol. The second-order valence-corrected chi connectivity index (χ2v) is 8.59. The fourth-order valence-corrected chi connectivity index (χ4v) is 6.32. The summed E-state index contributed by atoms with van der Waals surface area (Å²) in [5, 5.41) is 2.00. The Balaban J connectivity index is 2.06. The number of anilines is 1. The third kappa shape index (κ3) is 2.64. The zero-order valence-corrected chi connectivity index (χ0v) is 14.0. The maximum Gasteiger partial charge on any atom is 0.152 e. The Kier molecular flexibility index (Phi) is 4.40. The van der Waals surface area contributed by atoms with Crippen LogP contribution in [0.2, 0.25) is 0 Å². The summed E-state index contributed by atoms with van der Waals surface area (Å²) in [7, 11) is 0. The number of hydrogen-bond acceptors (Lipinski definition) is 7. The van der Waals surface area contributed by atoms with E-state index in [9.17, 15) is 0 Å². The molecule has 0 aromatic carbocycles. The van der Waals surface area contributed by atoms with Gasteiger partial charge in [-0.05, 0) is 19.4 Å². The number of nitrogens with two attached hydrogens (primary N) is 1. The molecule has 2 atom stereocenters. The smallest absolute Gasteiger partial charge is 0.152 e. The predicted octanol–water partition coefficient (Wildman–Crippen LogP) is 3.59. The van der Waals surface area contributed by atoms with Crippen molar-refractivity contribution in [3.8, 4) is 0 Å². The first-order valence-electron chi connectivity index (χ1n) is 6.70. The van der Waals surface area contributed by atoms with Gasteiger partial charge in [0, 0.05) is 21.6 Å². The maximum absolute atomic E-state index is 5.64. The molecule has 1 aliphatic rings. The van der Waals surface area contributed by atoms with Crippen LogP contribution in [-0.2, 0) is 0 Å². The van der Waals surface area contributed by atoms with Crippen molar-refractivity contribution in [1.29, 1.82) is 0 Å². The van der Waals surface area contributed by atoms with Gasteiger partial charge in [-0.1, -0.05) is 6.92 Å². The second kappa shape index (κ2) is 6.09. The standard InChI is InChI=1S/C13H18N4S3/c1-3-9-10(19-5-4-18-9)12-15-11(17-14)8-6-7(2)20-13(8)16-12/h6,9-10H,3-5,14H2,1-2H3,(H,15,16,17). The van der Waals surface area contributed by atoms with Gasteiger partial charge >= 0.3 is 0 Å². The van der Waals surface area contributed by atoms with Crippen molar-refractivity contribution in [2.45, 2.75) is 30.8 Å². The number of hydrazine groups is 1. The summed E-state index contributed by atoms with van der Waals surface area (Å²) in [4.78, 5) is 11.8. The molecule has 3 heterocycles. The predicted molar refractivity (Wildman–Crippen MR) is 91.7 cm³/mol. The molecule has 0 spiro atoms. The normalized spacial score (nSPS) is 23.1. The Hall–Kier alpha value is -0.500. The highest BCUT2D eigenvalue weighted by Crippen LogP contribution is 2.43. The molecule has 0 saturated carbocycles. The van der Waals surface area contributed by atoms with Crippen LogP contribution in [-0.4, -0.2) is 26.7 Å². The average molecular weight is 327 g/mol. The third-order valence-electron chi connectivity index (χ3n) is 3.38. The lowest BCUT2D eigenvalue weighted by Crippen LogP contribution is -2.21. The number of nitrogens with one attached hydrogen (secondary N) is 1. The largest absolute Gasteiger partial charge is 0.308 e. The van der Waals surface area contributed by atoms with Gasteiger partial charge in [0.25, 0.3) is 0 Å². The Morgan fingerprint density at radius 2 is 2.15 bits per heavy atom. The van der Waals surface area contributed by atoms with Crippen LogP contribution < -0.4 is 11.3 Å². The van der Waals surface area contributed by atoms with Gasteiger partial charge in [0.2, 0.25) is 0 Å². The molecule has 7 heteroatoms. The highest BCUT2D eigenvalue weighted by atomic mass is 32.2. The van der Waals surface area contributed by atoms with Crippen LogP contribution in [0.25, 0.3) is 10.2 Å². The number of nitrogen functional groups attached to an aromatic ring is 1. The monoisotopic (exact) mass is 326 g/mol. The lowest BCUT2D eigenvalue weighted by molar-refractivity contribution is 0.755. The Bertz CT molecular complexity index is 613. The van der Waals surface area contributed by atoms with E-state index in [1.807, 2.05) is 23.5 Å². The molecule has 0 bridgehead atoms. The molecule has 1 aliphatic heterocycles. The van der Waals surface area contributed by atoms with E-state index in [1.54, 1.807) is 11.3 Å². The van der Waals surface area contributed by atoms with Gasteiger partial charge in [-0.3, -0.25) is 0 Å². The molecule has 20 heavy (non-hydrogen) atoms. The van der Waals surface area contributed by atoms with Gasteiger partial charge in [-0.2, -0.15) is 11.8 Å². The molecule has 3 rings (SSSR count). The molecule has 0 radical (unpaired) electrons. The minimum Gasteiger partial charge on any atom is -0.308 e. The number of nitrogens with zero attached hydrogens (tertiary/aromatic N) is 2. The number of fused-ring (bicyclic) bond motifs is 1. The van der Waals surface area contributed by atoms with Gasteiger partial charge < -0.3 is 5.43 Å². The van der Waals surface area contributed by atoms with Gasteiger partial charge in [0.15, 0.2) is 5.82 Å². The Labute approximate surface area is 131 Å². The molecule has 0 aliphatic carbocycles. The molecule has 1 fully saturated rings. The van der Waals surface area contributed by atoms with Crippen molar-refractivity contribution in [2.75, 3.05) is 16.9 Å². The van der Waals surface area contributed by atoms with E-state index in [2.05, 4.69) is 30.3 Å². The summed E-state index contributed by atoms with van der Waals surface area (Å²) in [6, 6.07) is 2.10. The van der Waals surface area contributed by atoms with Crippen LogP contribution in [0.15, 0.2) is 6.07 Å². The molecule has 3 N–H and O–H groups in total. The number of aryl methyl sites for hydroxylation is 1. The molecule has 4 nitrogen and oxygen atoms in total. The van der Waals surface area contributed by atoms with Crippen molar-refractivity contribution in [2.24, 2.45) is 5.84 Å². The first-order valence-corrected chi connectivity index (χ1v) is 9.62. The number of rotatable bonds is 3. The second-order valence-electron chi connectivity index (χ2n) is 4.76. The van der Waals surface area contributed by atoms with Crippen molar-refractivity contribution in [1.82, 2.24) is 9.97 Å². The highest BCUT2D eigenvalue weighted by molar-refractivity contribution is 8.06. The SMILES string of the molecule is CCC1SCCSC1c1nc(NN)c2cc(C)sc2n1. The summed E-state index contributed by atoms with van der Waals surface area (Å²) >= 11 is 5.72. The van der Waals surface area contributed by atoms with Crippen LogP contribution in [0.1, 0.15) is 29.3 Å². The summed E-state index contributed by atoms with van der Waals surface area (Å²) in [5.41, 5.74) is 2.74. The van der Waals surface area contributed by atoms with Gasteiger partial charge in [0.05, 0.1) is 10.6 Å². The minimum absolute atomic E-state index is 0.373. The maximum atomic E-state index is 5.64. The fraction of sp³-hybridized carbons (Fsp3) is 0.538. The van der Waals surface area contributed by atoms with E-state index < -0.39 is 0 Å². The molecule has 1 saturated heterocycles. The lowest BCUT2D eigenvalue weighted by atomic mass is 10.2.